The summed E-state index contributed by atoms with van der Waals surface area (Å²) < 4.78 is 7.22. The normalized spacial score (nSPS) is 10.8. The molecule has 2 aromatic carbocycles. The first-order chi connectivity index (χ1) is 15.8. The number of aromatic nitrogens is 5. The van der Waals surface area contributed by atoms with Gasteiger partial charge in [0.15, 0.2) is 12.4 Å². The number of hydrogen-bond donors (Lipinski definition) is 3. The van der Waals surface area contributed by atoms with Crippen LogP contribution in [0.5, 0.6) is 0 Å². The van der Waals surface area contributed by atoms with Crippen molar-refractivity contribution in [2.45, 2.75) is 6.92 Å². The van der Waals surface area contributed by atoms with Crippen LogP contribution in [0.15, 0.2) is 46.9 Å². The number of hydrogen-bond acceptors (Lipinski definition) is 7. The summed E-state index contributed by atoms with van der Waals surface area (Å²) in [7, 11) is 1.75. The second-order valence-corrected chi connectivity index (χ2v) is 8.00. The summed E-state index contributed by atoms with van der Waals surface area (Å²) >= 11 is 3.41. The molecule has 0 saturated carbocycles. The second kappa shape index (κ2) is 9.20. The average Bonchev–Trinajstić information content (AvgIpc) is 3.42. The van der Waals surface area contributed by atoms with Gasteiger partial charge in [-0.3, -0.25) is 14.4 Å². The summed E-state index contributed by atoms with van der Waals surface area (Å²) in [5, 5.41) is 20.2. The molecule has 2 amide bonds. The maximum atomic E-state index is 13.1. The zero-order valence-corrected chi connectivity index (χ0v) is 19.1. The van der Waals surface area contributed by atoms with Crippen molar-refractivity contribution in [3.63, 3.8) is 0 Å². The highest BCUT2D eigenvalue weighted by atomic mass is 79.9. The van der Waals surface area contributed by atoms with E-state index >= 15 is 0 Å². The predicted molar refractivity (Wildman–Crippen MR) is 123 cm³/mol. The number of ether oxygens (including phenoxy) is 1. The number of aromatic amines is 1. The Labute approximate surface area is 195 Å². The first-order valence-electron chi connectivity index (χ1n) is 9.69. The van der Waals surface area contributed by atoms with E-state index in [2.05, 4.69) is 47.2 Å². The van der Waals surface area contributed by atoms with Crippen molar-refractivity contribution in [1.82, 2.24) is 25.2 Å². The van der Waals surface area contributed by atoms with E-state index in [1.54, 1.807) is 54.1 Å². The molecule has 168 valence electrons. The number of nitrogens with one attached hydrogen (secondary N) is 3. The topological polar surface area (TPSA) is 144 Å². The fraction of sp³-hybridized carbons (Fsp3) is 0.143. The molecule has 4 aromatic rings. The lowest BCUT2D eigenvalue weighted by molar-refractivity contribution is -0.144. The van der Waals surface area contributed by atoms with Gasteiger partial charge in [-0.25, -0.2) is 5.10 Å². The molecule has 3 N–H and O–H groups in total. The SMILES string of the molecule is CC(=O)OCC(=O)Nc1ccc2cc(C(=O)Nc3ccc(Br)cc3-c3nnn[nH]3)n(C)c2c1. The molecule has 0 aliphatic heterocycles. The first-order valence-corrected chi connectivity index (χ1v) is 10.5. The summed E-state index contributed by atoms with van der Waals surface area (Å²) in [6.45, 7) is 0.861. The Bertz CT molecular complexity index is 1360. The Balaban J connectivity index is 1.58. The number of anilines is 2. The highest BCUT2D eigenvalue weighted by Crippen LogP contribution is 2.29. The average molecular weight is 512 g/mol. The van der Waals surface area contributed by atoms with E-state index in [0.717, 1.165) is 15.4 Å². The lowest BCUT2D eigenvalue weighted by Gasteiger charge is -2.11. The number of halogens is 1. The molecule has 11 nitrogen and oxygen atoms in total. The maximum Gasteiger partial charge on any atom is 0.303 e. The van der Waals surface area contributed by atoms with Crippen LogP contribution in [0.25, 0.3) is 22.3 Å². The van der Waals surface area contributed by atoms with E-state index < -0.39 is 11.9 Å². The van der Waals surface area contributed by atoms with Crippen molar-refractivity contribution in [2.24, 2.45) is 7.05 Å². The van der Waals surface area contributed by atoms with E-state index in [1.807, 2.05) is 0 Å². The monoisotopic (exact) mass is 511 g/mol. The molecule has 0 aliphatic rings. The number of amides is 2. The standard InChI is InChI=1S/C21H18BrN7O4/c1-11(30)33-10-19(31)23-14-5-3-12-7-18(29(2)17(12)9-14)21(32)24-16-6-4-13(22)8-15(16)20-25-27-28-26-20/h3-9H,10H2,1-2H3,(H,23,31)(H,24,32)(H,25,26,27,28). The zero-order valence-electron chi connectivity index (χ0n) is 17.5. The molecule has 4 rings (SSSR count). The van der Waals surface area contributed by atoms with Crippen LogP contribution in [0.1, 0.15) is 17.4 Å². The number of esters is 1. The molecule has 0 saturated heterocycles. The number of nitrogens with zero attached hydrogens (tertiary/aromatic N) is 4. The Kier molecular flexibility index (Phi) is 6.18. The van der Waals surface area contributed by atoms with Crippen LogP contribution in [0.2, 0.25) is 0 Å². The largest absolute Gasteiger partial charge is 0.456 e. The minimum atomic E-state index is -0.535. The van der Waals surface area contributed by atoms with Crippen LogP contribution in [0, 0.1) is 0 Å². The van der Waals surface area contributed by atoms with Crippen LogP contribution in [-0.2, 0) is 21.4 Å². The quantitative estimate of drug-likeness (QED) is 0.337. The van der Waals surface area contributed by atoms with Gasteiger partial charge in [0.05, 0.1) is 11.2 Å². The minimum absolute atomic E-state index is 0.329. The Morgan fingerprint density at radius 2 is 1.94 bits per heavy atom. The van der Waals surface area contributed by atoms with E-state index in [9.17, 15) is 14.4 Å². The maximum absolute atomic E-state index is 13.1. The van der Waals surface area contributed by atoms with Crippen LogP contribution >= 0.6 is 15.9 Å². The van der Waals surface area contributed by atoms with Gasteiger partial charge in [-0.15, -0.1) is 5.10 Å². The third kappa shape index (κ3) is 4.90. The smallest absolute Gasteiger partial charge is 0.303 e. The summed E-state index contributed by atoms with van der Waals surface area (Å²) in [5.74, 6) is -0.906. The first kappa shape index (κ1) is 22.1. The zero-order chi connectivity index (χ0) is 23.5. The van der Waals surface area contributed by atoms with E-state index in [1.165, 1.54) is 6.92 Å². The van der Waals surface area contributed by atoms with Gasteiger partial charge >= 0.3 is 5.97 Å². The predicted octanol–water partition coefficient (Wildman–Crippen LogP) is 2.87. The number of carbonyl (C=O) groups excluding carboxylic acids is 3. The number of benzene rings is 2. The van der Waals surface area contributed by atoms with Gasteiger partial charge < -0.3 is 19.9 Å². The molecule has 33 heavy (non-hydrogen) atoms. The van der Waals surface area contributed by atoms with Crippen molar-refractivity contribution in [3.8, 4) is 11.4 Å². The molecule has 0 spiro atoms. The highest BCUT2D eigenvalue weighted by molar-refractivity contribution is 9.10. The fourth-order valence-corrected chi connectivity index (χ4v) is 3.63. The molecular formula is C21H18BrN7O4. The summed E-state index contributed by atoms with van der Waals surface area (Å²) in [4.78, 5) is 35.9. The van der Waals surface area contributed by atoms with Gasteiger partial charge in [-0.05, 0) is 46.8 Å². The minimum Gasteiger partial charge on any atom is -0.456 e. The van der Waals surface area contributed by atoms with Crippen molar-refractivity contribution in [3.05, 3.63) is 52.6 Å². The lowest BCUT2D eigenvalue weighted by atomic mass is 10.1. The van der Waals surface area contributed by atoms with Crippen LogP contribution < -0.4 is 10.6 Å². The number of tetrazole rings is 1. The molecule has 0 aliphatic carbocycles. The lowest BCUT2D eigenvalue weighted by Crippen LogP contribution is -2.19. The number of rotatable bonds is 6. The molecule has 12 heteroatoms. The van der Waals surface area contributed by atoms with Crippen molar-refractivity contribution < 1.29 is 19.1 Å². The molecule has 0 unspecified atom stereocenters. The van der Waals surface area contributed by atoms with E-state index in [-0.39, 0.29) is 12.5 Å². The number of H-pyrrole nitrogens is 1. The van der Waals surface area contributed by atoms with Crippen LogP contribution in [-0.4, -0.2) is 49.6 Å². The Morgan fingerprint density at radius 3 is 2.67 bits per heavy atom. The van der Waals surface area contributed by atoms with E-state index in [4.69, 9.17) is 4.74 Å². The molecule has 2 heterocycles. The fourth-order valence-electron chi connectivity index (χ4n) is 3.27. The molecule has 0 fully saturated rings. The molecule has 0 bridgehead atoms. The van der Waals surface area contributed by atoms with Crippen LogP contribution in [0.4, 0.5) is 11.4 Å². The highest BCUT2D eigenvalue weighted by Gasteiger charge is 2.17. The Hall–Kier alpha value is -4.06. The summed E-state index contributed by atoms with van der Waals surface area (Å²) in [6.07, 6.45) is 0. The molecule has 0 radical (unpaired) electrons. The third-order valence-electron chi connectivity index (χ3n) is 4.80. The van der Waals surface area contributed by atoms with Gasteiger partial charge in [-0.2, -0.15) is 0 Å². The van der Waals surface area contributed by atoms with Crippen molar-refractivity contribution in [2.75, 3.05) is 17.2 Å². The number of fused-ring (bicyclic) bond motifs is 1. The number of aryl methyl sites for hydroxylation is 1. The van der Waals surface area contributed by atoms with Gasteiger partial charge in [0.2, 0.25) is 0 Å². The summed E-state index contributed by atoms with van der Waals surface area (Å²) in [5.41, 5.74) is 2.82. The van der Waals surface area contributed by atoms with E-state index in [0.29, 0.717) is 28.5 Å². The van der Waals surface area contributed by atoms with Gasteiger partial charge in [-0.1, -0.05) is 22.0 Å². The van der Waals surface area contributed by atoms with Gasteiger partial charge in [0, 0.05) is 35.1 Å². The molecule has 0 atom stereocenters. The second-order valence-electron chi connectivity index (χ2n) is 7.08. The number of carbonyl (C=O) groups is 3. The van der Waals surface area contributed by atoms with Crippen molar-refractivity contribution >= 4 is 56.0 Å². The van der Waals surface area contributed by atoms with Gasteiger partial charge in [0.25, 0.3) is 11.8 Å². The Morgan fingerprint density at radius 1 is 1.12 bits per heavy atom. The van der Waals surface area contributed by atoms with Crippen LogP contribution in [0.3, 0.4) is 0 Å². The van der Waals surface area contributed by atoms with Crippen molar-refractivity contribution in [1.29, 1.82) is 0 Å². The summed E-state index contributed by atoms with van der Waals surface area (Å²) in [6, 6.07) is 12.3. The molecule has 2 aromatic heterocycles. The third-order valence-corrected chi connectivity index (χ3v) is 5.29. The molecular weight excluding hydrogens is 494 g/mol. The van der Waals surface area contributed by atoms with Gasteiger partial charge in [0.1, 0.15) is 5.69 Å².